The predicted octanol–water partition coefficient (Wildman–Crippen LogP) is 2.84. The lowest BCUT2D eigenvalue weighted by Gasteiger charge is -2.07. The maximum Gasteiger partial charge on any atom is 0.231 e. The minimum Gasteiger partial charge on any atom is -0.361 e. The van der Waals surface area contributed by atoms with Gasteiger partial charge < -0.3 is 9.09 Å². The Hall–Kier alpha value is -2.63. The largest absolute Gasteiger partial charge is 0.361 e. The summed E-state index contributed by atoms with van der Waals surface area (Å²) in [6, 6.07) is 7.83. The maximum atomic E-state index is 12.3. The van der Waals surface area contributed by atoms with E-state index in [0.717, 1.165) is 28.8 Å². The van der Waals surface area contributed by atoms with E-state index < -0.39 is 0 Å². The zero-order valence-corrected chi connectivity index (χ0v) is 12.9. The Morgan fingerprint density at radius 1 is 1.32 bits per heavy atom. The molecule has 0 bridgehead atoms. The summed E-state index contributed by atoms with van der Waals surface area (Å²) in [7, 11) is 0. The molecule has 3 aromatic rings. The number of benzene rings is 1. The second kappa shape index (κ2) is 5.63. The first kappa shape index (κ1) is 14.3. The molecule has 6 nitrogen and oxygen atoms in total. The first-order valence-corrected chi connectivity index (χ1v) is 7.27. The lowest BCUT2D eigenvalue weighted by molar-refractivity contribution is -0.115. The quantitative estimate of drug-likeness (QED) is 0.804. The number of aryl methyl sites for hydroxylation is 3. The van der Waals surface area contributed by atoms with Crippen molar-refractivity contribution in [2.24, 2.45) is 0 Å². The van der Waals surface area contributed by atoms with Gasteiger partial charge in [0.25, 0.3) is 0 Å². The van der Waals surface area contributed by atoms with Crippen molar-refractivity contribution in [1.82, 2.24) is 14.7 Å². The second-order valence-corrected chi connectivity index (χ2v) is 5.20. The number of amides is 1. The Labute approximate surface area is 128 Å². The summed E-state index contributed by atoms with van der Waals surface area (Å²) in [6.45, 7) is 6.41. The Kier molecular flexibility index (Phi) is 3.66. The van der Waals surface area contributed by atoms with E-state index in [2.05, 4.69) is 15.5 Å². The van der Waals surface area contributed by atoms with Crippen LogP contribution >= 0.6 is 0 Å². The summed E-state index contributed by atoms with van der Waals surface area (Å²) in [5.74, 6) is 1.12. The monoisotopic (exact) mass is 298 g/mol. The third kappa shape index (κ3) is 2.47. The fraction of sp³-hybridized carbons (Fsp3) is 0.312. The molecule has 2 heterocycles. The highest BCUT2D eigenvalue weighted by Gasteiger charge is 2.16. The van der Waals surface area contributed by atoms with Gasteiger partial charge in [0.05, 0.1) is 23.1 Å². The number of hydrogen-bond acceptors (Lipinski definition) is 4. The molecule has 0 atom stereocenters. The number of carbonyl (C=O) groups excluding carboxylic acids is 1. The van der Waals surface area contributed by atoms with Gasteiger partial charge in [-0.05, 0) is 32.9 Å². The average molecular weight is 298 g/mol. The van der Waals surface area contributed by atoms with E-state index >= 15 is 0 Å². The fourth-order valence-corrected chi connectivity index (χ4v) is 2.57. The van der Waals surface area contributed by atoms with E-state index in [1.165, 1.54) is 0 Å². The van der Waals surface area contributed by atoms with Crippen molar-refractivity contribution in [3.05, 3.63) is 41.3 Å². The number of para-hydroxylation sites is 2. The highest BCUT2D eigenvalue weighted by atomic mass is 16.5. The molecule has 1 N–H and O–H groups in total. The molecule has 0 aliphatic heterocycles. The van der Waals surface area contributed by atoms with Crippen LogP contribution < -0.4 is 5.32 Å². The molecule has 0 fully saturated rings. The minimum atomic E-state index is -0.126. The first-order chi connectivity index (χ1) is 10.6. The van der Waals surface area contributed by atoms with Gasteiger partial charge in [0.2, 0.25) is 11.9 Å². The number of rotatable bonds is 4. The Morgan fingerprint density at radius 3 is 2.77 bits per heavy atom. The number of nitrogens with one attached hydrogen (secondary N) is 1. The van der Waals surface area contributed by atoms with E-state index in [0.29, 0.717) is 11.7 Å². The molecule has 0 saturated heterocycles. The van der Waals surface area contributed by atoms with E-state index in [1.54, 1.807) is 0 Å². The number of imidazole rings is 1. The van der Waals surface area contributed by atoms with E-state index in [9.17, 15) is 4.79 Å². The number of anilines is 1. The first-order valence-electron chi connectivity index (χ1n) is 7.27. The van der Waals surface area contributed by atoms with E-state index in [4.69, 9.17) is 4.52 Å². The van der Waals surface area contributed by atoms with Crippen LogP contribution in [-0.4, -0.2) is 20.6 Å². The molecule has 22 heavy (non-hydrogen) atoms. The highest BCUT2D eigenvalue weighted by Crippen LogP contribution is 2.20. The molecule has 2 aromatic heterocycles. The van der Waals surface area contributed by atoms with E-state index in [1.807, 2.05) is 49.6 Å². The number of carbonyl (C=O) groups is 1. The zero-order valence-electron chi connectivity index (χ0n) is 12.9. The predicted molar refractivity (Wildman–Crippen MR) is 83.7 cm³/mol. The number of aromatic nitrogens is 3. The summed E-state index contributed by atoms with van der Waals surface area (Å²) < 4.78 is 7.08. The summed E-state index contributed by atoms with van der Waals surface area (Å²) >= 11 is 0. The van der Waals surface area contributed by atoms with Crippen molar-refractivity contribution in [3.63, 3.8) is 0 Å². The molecule has 0 saturated carbocycles. The Bertz CT molecular complexity index is 812. The van der Waals surface area contributed by atoms with Crippen molar-refractivity contribution in [2.45, 2.75) is 33.7 Å². The van der Waals surface area contributed by atoms with Crippen LogP contribution in [0.25, 0.3) is 11.0 Å². The normalized spacial score (nSPS) is 11.0. The van der Waals surface area contributed by atoms with Crippen LogP contribution in [0, 0.1) is 13.8 Å². The standard InChI is InChI=1S/C16H18N4O2/c1-4-20-14-8-6-5-7-13(14)17-16(20)18-15(21)9-12-10(2)19-22-11(12)3/h5-8H,4,9H2,1-3H3,(H,17,18,21). The van der Waals surface area contributed by atoms with Crippen LogP contribution in [0.4, 0.5) is 5.95 Å². The lowest BCUT2D eigenvalue weighted by atomic mass is 10.1. The van der Waals surface area contributed by atoms with Gasteiger partial charge in [0.15, 0.2) is 0 Å². The minimum absolute atomic E-state index is 0.126. The van der Waals surface area contributed by atoms with Crippen molar-refractivity contribution < 1.29 is 9.32 Å². The SMILES string of the molecule is CCn1c(NC(=O)Cc2c(C)noc2C)nc2ccccc21. The smallest absolute Gasteiger partial charge is 0.231 e. The van der Waals surface area contributed by atoms with Crippen LogP contribution in [0.1, 0.15) is 23.9 Å². The molecular formula is C16H18N4O2. The molecule has 114 valence electrons. The van der Waals surface area contributed by atoms with Crippen LogP contribution in [0.3, 0.4) is 0 Å². The van der Waals surface area contributed by atoms with Gasteiger partial charge >= 0.3 is 0 Å². The van der Waals surface area contributed by atoms with Crippen molar-refractivity contribution in [2.75, 3.05) is 5.32 Å². The fourth-order valence-electron chi connectivity index (χ4n) is 2.57. The van der Waals surface area contributed by atoms with Gasteiger partial charge in [0.1, 0.15) is 5.76 Å². The van der Waals surface area contributed by atoms with Gasteiger partial charge in [-0.15, -0.1) is 0 Å². The summed E-state index contributed by atoms with van der Waals surface area (Å²) in [4.78, 5) is 16.8. The molecule has 0 radical (unpaired) electrons. The molecule has 1 aromatic carbocycles. The molecule has 6 heteroatoms. The van der Waals surface area contributed by atoms with Crippen LogP contribution in [0.2, 0.25) is 0 Å². The van der Waals surface area contributed by atoms with Gasteiger partial charge in [-0.3, -0.25) is 10.1 Å². The topological polar surface area (TPSA) is 73.0 Å². The van der Waals surface area contributed by atoms with Gasteiger partial charge in [-0.1, -0.05) is 17.3 Å². The molecule has 3 rings (SSSR count). The van der Waals surface area contributed by atoms with Crippen molar-refractivity contribution in [1.29, 1.82) is 0 Å². The third-order valence-electron chi connectivity index (χ3n) is 3.74. The average Bonchev–Trinajstić information content (AvgIpc) is 3.01. The zero-order chi connectivity index (χ0) is 15.7. The Balaban J connectivity index is 1.85. The maximum absolute atomic E-state index is 12.3. The van der Waals surface area contributed by atoms with Gasteiger partial charge in [-0.25, -0.2) is 4.98 Å². The summed E-state index contributed by atoms with van der Waals surface area (Å²) in [6.07, 6.45) is 0.230. The number of hydrogen-bond donors (Lipinski definition) is 1. The molecule has 0 unspecified atom stereocenters. The summed E-state index contributed by atoms with van der Waals surface area (Å²) in [5, 5.41) is 6.76. The number of nitrogens with zero attached hydrogens (tertiary/aromatic N) is 3. The van der Waals surface area contributed by atoms with Crippen molar-refractivity contribution >= 4 is 22.9 Å². The molecular weight excluding hydrogens is 280 g/mol. The van der Waals surface area contributed by atoms with Crippen LogP contribution in [0.15, 0.2) is 28.8 Å². The molecule has 0 aliphatic rings. The van der Waals surface area contributed by atoms with Gasteiger partial charge in [0, 0.05) is 12.1 Å². The third-order valence-corrected chi connectivity index (χ3v) is 3.74. The molecule has 1 amide bonds. The Morgan fingerprint density at radius 2 is 2.09 bits per heavy atom. The lowest BCUT2D eigenvalue weighted by Crippen LogP contribution is -2.18. The highest BCUT2D eigenvalue weighted by molar-refractivity contribution is 5.93. The van der Waals surface area contributed by atoms with Crippen molar-refractivity contribution in [3.8, 4) is 0 Å². The molecule has 0 spiro atoms. The second-order valence-electron chi connectivity index (χ2n) is 5.20. The van der Waals surface area contributed by atoms with E-state index in [-0.39, 0.29) is 12.3 Å². The molecule has 0 aliphatic carbocycles. The van der Waals surface area contributed by atoms with Gasteiger partial charge in [-0.2, -0.15) is 0 Å². The van der Waals surface area contributed by atoms with Crippen LogP contribution in [0.5, 0.6) is 0 Å². The number of fused-ring (bicyclic) bond motifs is 1. The van der Waals surface area contributed by atoms with Crippen LogP contribution in [-0.2, 0) is 17.8 Å². The summed E-state index contributed by atoms with van der Waals surface area (Å²) in [5.41, 5.74) is 3.46.